The van der Waals surface area contributed by atoms with E-state index in [4.69, 9.17) is 14.5 Å². The quantitative estimate of drug-likeness (QED) is 0.410. The van der Waals surface area contributed by atoms with E-state index in [0.717, 1.165) is 55.4 Å². The number of aromatic nitrogens is 4. The molecule has 1 aromatic carbocycles. The number of hydrogen-bond donors (Lipinski definition) is 1. The molecule has 0 spiro atoms. The van der Waals surface area contributed by atoms with E-state index in [2.05, 4.69) is 44.7 Å². The lowest BCUT2D eigenvalue weighted by Gasteiger charge is -2.39. The maximum atomic E-state index is 5.69. The van der Waals surface area contributed by atoms with Crippen molar-refractivity contribution in [3.05, 3.63) is 48.2 Å². The van der Waals surface area contributed by atoms with Crippen molar-refractivity contribution in [2.24, 2.45) is 0 Å². The predicted octanol–water partition coefficient (Wildman–Crippen LogP) is 4.52. The fraction of sp³-hybridized carbons (Fsp3) is 0.536. The number of nitrogens with zero attached hydrogens (tertiary/aromatic N) is 5. The monoisotopic (exact) mass is 488 g/mol. The van der Waals surface area contributed by atoms with Crippen molar-refractivity contribution in [1.29, 1.82) is 0 Å². The molecule has 2 aliphatic carbocycles. The smallest absolute Gasteiger partial charge is 0.147 e. The fourth-order valence-corrected chi connectivity index (χ4v) is 6.00. The number of fused-ring (bicyclic) bond motifs is 3. The van der Waals surface area contributed by atoms with Crippen LogP contribution < -0.4 is 5.32 Å². The third kappa shape index (κ3) is 4.65. The fourth-order valence-electron chi connectivity index (χ4n) is 6.00. The van der Waals surface area contributed by atoms with Gasteiger partial charge in [0, 0.05) is 55.5 Å². The normalized spacial score (nSPS) is 22.7. The van der Waals surface area contributed by atoms with E-state index in [1.807, 2.05) is 24.7 Å². The van der Waals surface area contributed by atoms with Crippen LogP contribution in [0.25, 0.3) is 22.3 Å². The van der Waals surface area contributed by atoms with Crippen molar-refractivity contribution in [2.75, 3.05) is 38.2 Å². The molecule has 6 rings (SSSR count). The second-order valence-corrected chi connectivity index (χ2v) is 10.2. The van der Waals surface area contributed by atoms with Gasteiger partial charge < -0.3 is 14.8 Å². The number of hydrogen-bond acceptors (Lipinski definition) is 7. The molecule has 3 aromatic rings. The molecule has 3 heterocycles. The summed E-state index contributed by atoms with van der Waals surface area (Å²) in [6.07, 6.45) is 11.3. The highest BCUT2D eigenvalue weighted by Crippen LogP contribution is 2.42. The number of ether oxygens (including phenoxy) is 2. The topological polar surface area (TPSA) is 77.3 Å². The van der Waals surface area contributed by atoms with E-state index in [9.17, 15) is 0 Å². The van der Waals surface area contributed by atoms with Crippen LogP contribution >= 0.6 is 0 Å². The lowest BCUT2D eigenvalue weighted by molar-refractivity contribution is 0.00791. The largest absolute Gasteiger partial charge is 0.379 e. The summed E-state index contributed by atoms with van der Waals surface area (Å²) in [6, 6.07) is 7.83. The van der Waals surface area contributed by atoms with E-state index < -0.39 is 0 Å². The van der Waals surface area contributed by atoms with Crippen LogP contribution in [0.1, 0.15) is 57.0 Å². The molecule has 1 saturated heterocycles. The molecule has 1 saturated carbocycles. The van der Waals surface area contributed by atoms with E-state index in [0.29, 0.717) is 18.7 Å². The third-order valence-corrected chi connectivity index (χ3v) is 7.98. The Labute approximate surface area is 213 Å². The van der Waals surface area contributed by atoms with E-state index in [1.165, 1.54) is 42.4 Å². The Morgan fingerprint density at radius 2 is 1.94 bits per heavy atom. The maximum Gasteiger partial charge on any atom is 0.147 e. The Kier molecular flexibility index (Phi) is 6.73. The summed E-state index contributed by atoms with van der Waals surface area (Å²) in [7, 11) is 0. The van der Waals surface area contributed by atoms with Gasteiger partial charge in [0.1, 0.15) is 18.4 Å². The molecule has 0 radical (unpaired) electrons. The standard InChI is InChI=1S/C28H36N6O2/c1-3-36-19(2)34-17-22(16-31-34)20-4-5-21-15-26-27(25(21)14-20)28(30-18-29-26)32-23-6-8-24(9-7-23)33-10-12-35-13-11-33/h4-5,14,16-19,23-24H,3,6-13,15H2,1-2H3,(H,29,30,32). The average molecular weight is 489 g/mol. The first-order valence-electron chi connectivity index (χ1n) is 13.4. The van der Waals surface area contributed by atoms with Crippen molar-refractivity contribution in [3.8, 4) is 22.3 Å². The molecule has 36 heavy (non-hydrogen) atoms. The van der Waals surface area contributed by atoms with Crippen LogP contribution in [0.5, 0.6) is 0 Å². The van der Waals surface area contributed by atoms with Crippen LogP contribution in [0.15, 0.2) is 36.9 Å². The van der Waals surface area contributed by atoms with Gasteiger partial charge >= 0.3 is 0 Å². The summed E-state index contributed by atoms with van der Waals surface area (Å²) in [5, 5.41) is 8.34. The van der Waals surface area contributed by atoms with Crippen LogP contribution in [0.2, 0.25) is 0 Å². The van der Waals surface area contributed by atoms with Gasteiger partial charge in [0.2, 0.25) is 0 Å². The van der Waals surface area contributed by atoms with Crippen molar-refractivity contribution >= 4 is 5.82 Å². The van der Waals surface area contributed by atoms with Gasteiger partial charge in [-0.3, -0.25) is 4.90 Å². The first-order valence-corrected chi connectivity index (χ1v) is 13.4. The lowest BCUT2D eigenvalue weighted by atomic mass is 9.89. The van der Waals surface area contributed by atoms with Gasteiger partial charge in [0.15, 0.2) is 0 Å². The molecule has 2 fully saturated rings. The molecule has 8 heteroatoms. The zero-order valence-electron chi connectivity index (χ0n) is 21.3. The van der Waals surface area contributed by atoms with Gasteiger partial charge in [0.25, 0.3) is 0 Å². The summed E-state index contributed by atoms with van der Waals surface area (Å²) in [4.78, 5) is 12.0. The number of anilines is 1. The Bertz CT molecular complexity index is 1200. The molecule has 2 aromatic heterocycles. The second-order valence-electron chi connectivity index (χ2n) is 10.2. The summed E-state index contributed by atoms with van der Waals surface area (Å²) in [6.45, 7) is 8.58. The highest BCUT2D eigenvalue weighted by Gasteiger charge is 2.29. The molecule has 1 aliphatic heterocycles. The Balaban J connectivity index is 1.20. The minimum atomic E-state index is -0.0820. The number of nitrogens with one attached hydrogen (secondary N) is 1. The van der Waals surface area contributed by atoms with Crippen LogP contribution in [0, 0.1) is 0 Å². The minimum absolute atomic E-state index is 0.0820. The molecule has 0 amide bonds. The second kappa shape index (κ2) is 10.3. The van der Waals surface area contributed by atoms with Crippen molar-refractivity contribution in [1.82, 2.24) is 24.6 Å². The molecule has 3 aliphatic rings. The SMILES string of the molecule is CCOC(C)n1cc(-c2ccc3c(c2)-c2c(ncnc2NC2CCC(N4CCOCC4)CC2)C3)cn1. The molecule has 190 valence electrons. The zero-order valence-corrected chi connectivity index (χ0v) is 21.3. The summed E-state index contributed by atoms with van der Waals surface area (Å²) < 4.78 is 13.1. The highest BCUT2D eigenvalue weighted by atomic mass is 16.5. The van der Waals surface area contributed by atoms with Crippen molar-refractivity contribution in [2.45, 2.75) is 64.3 Å². The third-order valence-electron chi connectivity index (χ3n) is 7.98. The molecule has 1 atom stereocenters. The Morgan fingerprint density at radius 3 is 2.75 bits per heavy atom. The lowest BCUT2D eigenvalue weighted by Crippen LogP contribution is -2.46. The van der Waals surface area contributed by atoms with Gasteiger partial charge in [-0.15, -0.1) is 0 Å². The van der Waals surface area contributed by atoms with E-state index in [1.54, 1.807) is 6.33 Å². The number of rotatable bonds is 7. The van der Waals surface area contributed by atoms with Gasteiger partial charge in [-0.2, -0.15) is 5.10 Å². The molecule has 0 bridgehead atoms. The summed E-state index contributed by atoms with van der Waals surface area (Å²) >= 11 is 0. The highest BCUT2D eigenvalue weighted by molar-refractivity contribution is 5.86. The first-order chi connectivity index (χ1) is 17.7. The predicted molar refractivity (Wildman–Crippen MR) is 140 cm³/mol. The van der Waals surface area contributed by atoms with Gasteiger partial charge in [-0.1, -0.05) is 12.1 Å². The molecule has 8 nitrogen and oxygen atoms in total. The zero-order chi connectivity index (χ0) is 24.5. The summed E-state index contributed by atoms with van der Waals surface area (Å²) in [5.41, 5.74) is 7.06. The van der Waals surface area contributed by atoms with Crippen LogP contribution in [0.4, 0.5) is 5.82 Å². The number of morpholine rings is 1. The van der Waals surface area contributed by atoms with E-state index >= 15 is 0 Å². The van der Waals surface area contributed by atoms with Crippen LogP contribution in [-0.4, -0.2) is 69.6 Å². The molecule has 1 unspecified atom stereocenters. The Morgan fingerprint density at radius 1 is 1.11 bits per heavy atom. The van der Waals surface area contributed by atoms with Crippen LogP contribution in [0.3, 0.4) is 0 Å². The maximum absolute atomic E-state index is 5.69. The summed E-state index contributed by atoms with van der Waals surface area (Å²) in [5.74, 6) is 0.978. The van der Waals surface area contributed by atoms with Crippen molar-refractivity contribution in [3.63, 3.8) is 0 Å². The molecule has 1 N–H and O–H groups in total. The number of benzene rings is 1. The Hall–Kier alpha value is -2.81. The van der Waals surface area contributed by atoms with Gasteiger partial charge in [-0.25, -0.2) is 14.6 Å². The van der Waals surface area contributed by atoms with Crippen molar-refractivity contribution < 1.29 is 9.47 Å². The minimum Gasteiger partial charge on any atom is -0.379 e. The van der Waals surface area contributed by atoms with E-state index in [-0.39, 0.29) is 6.23 Å². The van der Waals surface area contributed by atoms with Gasteiger partial charge in [0.05, 0.1) is 25.1 Å². The van der Waals surface area contributed by atoms with Gasteiger partial charge in [-0.05, 0) is 62.3 Å². The molecular formula is C28H36N6O2. The molecular weight excluding hydrogens is 452 g/mol. The first kappa shape index (κ1) is 23.6. The van der Waals surface area contributed by atoms with Crippen LogP contribution in [-0.2, 0) is 15.9 Å². The average Bonchev–Trinajstić information content (AvgIpc) is 3.55.